The molecule has 0 aliphatic carbocycles. The van der Waals surface area contributed by atoms with Gasteiger partial charge in [0.2, 0.25) is 5.91 Å². The van der Waals surface area contributed by atoms with Crippen LogP contribution >= 0.6 is 0 Å². The van der Waals surface area contributed by atoms with E-state index in [-0.39, 0.29) is 5.91 Å². The number of amides is 1. The third-order valence-corrected chi connectivity index (χ3v) is 3.72. The zero-order valence-electron chi connectivity index (χ0n) is 15.1. The molecule has 0 saturated heterocycles. The Morgan fingerprint density at radius 3 is 2.16 bits per heavy atom. The summed E-state index contributed by atoms with van der Waals surface area (Å²) in [6, 6.07) is 13.5. The number of methoxy groups -OCH3 is 2. The van der Waals surface area contributed by atoms with E-state index < -0.39 is 0 Å². The average molecular weight is 340 g/mol. The molecule has 25 heavy (non-hydrogen) atoms. The monoisotopic (exact) mass is 340 g/mol. The molecule has 0 atom stereocenters. The smallest absolute Gasteiger partial charge is 0.244 e. The van der Waals surface area contributed by atoms with E-state index in [4.69, 9.17) is 9.47 Å². The summed E-state index contributed by atoms with van der Waals surface area (Å²) >= 11 is 0. The van der Waals surface area contributed by atoms with Gasteiger partial charge in [-0.25, -0.2) is 0 Å². The van der Waals surface area contributed by atoms with Crippen LogP contribution in [0, 0.1) is 0 Å². The van der Waals surface area contributed by atoms with Gasteiger partial charge in [0.1, 0.15) is 11.5 Å². The first-order valence-electron chi connectivity index (χ1n) is 7.97. The Balaban J connectivity index is 1.94. The Hall–Kier alpha value is -2.95. The number of ether oxygens (including phenoxy) is 2. The first-order valence-corrected chi connectivity index (χ1v) is 7.97. The zero-order valence-corrected chi connectivity index (χ0v) is 15.1. The fourth-order valence-corrected chi connectivity index (χ4v) is 2.26. The number of anilines is 1. The molecule has 0 unspecified atom stereocenters. The summed E-state index contributed by atoms with van der Waals surface area (Å²) in [6.07, 6.45) is 3.23. The fraction of sp³-hybridized carbons (Fsp3) is 0.250. The van der Waals surface area contributed by atoms with Gasteiger partial charge in [-0.05, 0) is 41.5 Å². The molecule has 0 aromatic heterocycles. The number of carbonyl (C=O) groups excluding carboxylic acids is 1. The maximum Gasteiger partial charge on any atom is 0.244 e. The van der Waals surface area contributed by atoms with Crippen LogP contribution in [0.25, 0.3) is 6.08 Å². The molecule has 0 spiro atoms. The van der Waals surface area contributed by atoms with Crippen molar-refractivity contribution < 1.29 is 14.3 Å². The first kappa shape index (κ1) is 18.4. The molecule has 5 nitrogen and oxygen atoms in total. The molecule has 5 heteroatoms. The second-order valence-corrected chi connectivity index (χ2v) is 5.76. The summed E-state index contributed by atoms with van der Waals surface area (Å²) in [5, 5.41) is 2.87. The molecular formula is C20H24N2O3. The highest BCUT2D eigenvalue weighted by atomic mass is 16.5. The lowest BCUT2D eigenvalue weighted by Gasteiger charge is -2.12. The minimum absolute atomic E-state index is 0.154. The molecule has 132 valence electrons. The average Bonchev–Trinajstić information content (AvgIpc) is 2.64. The Kier molecular flexibility index (Phi) is 6.46. The molecule has 2 rings (SSSR count). The van der Waals surface area contributed by atoms with Gasteiger partial charge < -0.3 is 19.7 Å². The number of nitrogens with zero attached hydrogens (tertiary/aromatic N) is 1. The number of benzene rings is 2. The maximum absolute atomic E-state index is 12.0. The minimum atomic E-state index is -0.154. The molecule has 0 heterocycles. The van der Waals surface area contributed by atoms with Crippen LogP contribution in [0.4, 0.5) is 5.69 Å². The van der Waals surface area contributed by atoms with Crippen LogP contribution in [0.3, 0.4) is 0 Å². The van der Waals surface area contributed by atoms with Gasteiger partial charge in [0.25, 0.3) is 0 Å². The highest BCUT2D eigenvalue weighted by molar-refractivity contribution is 5.91. The van der Waals surface area contributed by atoms with Crippen LogP contribution < -0.4 is 19.7 Å². The number of rotatable bonds is 7. The minimum Gasteiger partial charge on any atom is -0.497 e. The van der Waals surface area contributed by atoms with Crippen molar-refractivity contribution in [3.05, 3.63) is 59.7 Å². The third-order valence-electron chi connectivity index (χ3n) is 3.72. The van der Waals surface area contributed by atoms with Crippen LogP contribution in [0.2, 0.25) is 0 Å². The molecule has 0 aliphatic rings. The SMILES string of the molecule is COc1cc(C=CC(=O)NCc2ccc(N(C)C)cc2)cc(OC)c1. The summed E-state index contributed by atoms with van der Waals surface area (Å²) < 4.78 is 10.4. The summed E-state index contributed by atoms with van der Waals surface area (Å²) in [6.45, 7) is 0.484. The van der Waals surface area contributed by atoms with E-state index in [1.807, 2.05) is 55.4 Å². The molecule has 0 aliphatic heterocycles. The summed E-state index contributed by atoms with van der Waals surface area (Å²) in [7, 11) is 7.18. The van der Waals surface area contributed by atoms with Crippen molar-refractivity contribution in [2.45, 2.75) is 6.54 Å². The Morgan fingerprint density at radius 2 is 1.64 bits per heavy atom. The molecule has 0 bridgehead atoms. The van der Waals surface area contributed by atoms with E-state index in [1.165, 1.54) is 6.08 Å². The van der Waals surface area contributed by atoms with Crippen molar-refractivity contribution in [2.24, 2.45) is 0 Å². The Bertz CT molecular complexity index is 715. The largest absolute Gasteiger partial charge is 0.497 e. The van der Waals surface area contributed by atoms with Crippen molar-refractivity contribution >= 4 is 17.7 Å². The van der Waals surface area contributed by atoms with Gasteiger partial charge in [0, 0.05) is 38.5 Å². The van der Waals surface area contributed by atoms with Crippen LogP contribution in [0.15, 0.2) is 48.5 Å². The molecule has 0 fully saturated rings. The predicted octanol–water partition coefficient (Wildman–Crippen LogP) is 3.10. The normalized spacial score (nSPS) is 10.6. The number of carbonyl (C=O) groups is 1. The van der Waals surface area contributed by atoms with E-state index in [0.717, 1.165) is 16.8 Å². The van der Waals surface area contributed by atoms with E-state index in [9.17, 15) is 4.79 Å². The lowest BCUT2D eigenvalue weighted by molar-refractivity contribution is -0.116. The topological polar surface area (TPSA) is 50.8 Å². The molecule has 2 aromatic carbocycles. The number of hydrogen-bond donors (Lipinski definition) is 1. The lowest BCUT2D eigenvalue weighted by Crippen LogP contribution is -2.20. The molecule has 2 aromatic rings. The van der Waals surface area contributed by atoms with E-state index in [2.05, 4.69) is 5.32 Å². The molecule has 0 radical (unpaired) electrons. The predicted molar refractivity (Wildman–Crippen MR) is 101 cm³/mol. The molecule has 1 amide bonds. The summed E-state index contributed by atoms with van der Waals surface area (Å²) in [4.78, 5) is 14.0. The van der Waals surface area contributed by atoms with Crippen molar-refractivity contribution in [2.75, 3.05) is 33.2 Å². The second kappa shape index (κ2) is 8.78. The zero-order chi connectivity index (χ0) is 18.2. The van der Waals surface area contributed by atoms with Gasteiger partial charge in [0.15, 0.2) is 0 Å². The van der Waals surface area contributed by atoms with E-state index in [1.54, 1.807) is 26.4 Å². The highest BCUT2D eigenvalue weighted by Crippen LogP contribution is 2.23. The number of hydrogen-bond acceptors (Lipinski definition) is 4. The van der Waals surface area contributed by atoms with Gasteiger partial charge in [0.05, 0.1) is 14.2 Å². The fourth-order valence-electron chi connectivity index (χ4n) is 2.26. The quantitative estimate of drug-likeness (QED) is 0.787. The third kappa shape index (κ3) is 5.57. The van der Waals surface area contributed by atoms with Crippen molar-refractivity contribution in [1.82, 2.24) is 5.32 Å². The van der Waals surface area contributed by atoms with E-state index in [0.29, 0.717) is 18.0 Å². The molecule has 1 N–H and O–H groups in total. The lowest BCUT2D eigenvalue weighted by atomic mass is 10.1. The van der Waals surface area contributed by atoms with Gasteiger partial charge in [-0.2, -0.15) is 0 Å². The van der Waals surface area contributed by atoms with Gasteiger partial charge in [-0.15, -0.1) is 0 Å². The van der Waals surface area contributed by atoms with Crippen molar-refractivity contribution in [1.29, 1.82) is 0 Å². The van der Waals surface area contributed by atoms with Crippen LogP contribution in [-0.4, -0.2) is 34.2 Å². The van der Waals surface area contributed by atoms with Crippen molar-refractivity contribution in [3.63, 3.8) is 0 Å². The van der Waals surface area contributed by atoms with E-state index >= 15 is 0 Å². The molecular weight excluding hydrogens is 316 g/mol. The van der Waals surface area contributed by atoms with Gasteiger partial charge >= 0.3 is 0 Å². The Labute approximate surface area is 148 Å². The summed E-state index contributed by atoms with van der Waals surface area (Å²) in [5.41, 5.74) is 3.01. The van der Waals surface area contributed by atoms with Crippen LogP contribution in [-0.2, 0) is 11.3 Å². The Morgan fingerprint density at radius 1 is 1.04 bits per heavy atom. The van der Waals surface area contributed by atoms with Crippen LogP contribution in [0.1, 0.15) is 11.1 Å². The van der Waals surface area contributed by atoms with Gasteiger partial charge in [-0.1, -0.05) is 12.1 Å². The second-order valence-electron chi connectivity index (χ2n) is 5.76. The first-order chi connectivity index (χ1) is 12.0. The van der Waals surface area contributed by atoms with Crippen molar-refractivity contribution in [3.8, 4) is 11.5 Å². The number of nitrogens with one attached hydrogen (secondary N) is 1. The van der Waals surface area contributed by atoms with Gasteiger partial charge in [-0.3, -0.25) is 4.79 Å². The standard InChI is InChI=1S/C20H24N2O3/c1-22(2)17-8-5-15(6-9-17)14-21-20(23)10-7-16-11-18(24-3)13-19(12-16)25-4/h5-13H,14H2,1-4H3,(H,21,23). The highest BCUT2D eigenvalue weighted by Gasteiger charge is 2.01. The maximum atomic E-state index is 12.0. The molecule has 0 saturated carbocycles. The van der Waals surface area contributed by atoms with Crippen LogP contribution in [0.5, 0.6) is 11.5 Å². The summed E-state index contributed by atoms with van der Waals surface area (Å²) in [5.74, 6) is 1.21.